The van der Waals surface area contributed by atoms with Gasteiger partial charge in [-0.05, 0) is 32.1 Å². The smallest absolute Gasteiger partial charge is 0.110 e. The minimum absolute atomic E-state index is 0.209. The molecule has 2 unspecified atom stereocenters. The van der Waals surface area contributed by atoms with Gasteiger partial charge in [0.25, 0.3) is 0 Å². The molecule has 2 aliphatic rings. The Labute approximate surface area is 128 Å². The molecular weight excluding hydrogens is 262 g/mol. The van der Waals surface area contributed by atoms with Gasteiger partial charge < -0.3 is 15.0 Å². The summed E-state index contributed by atoms with van der Waals surface area (Å²) in [5.41, 5.74) is 6.28. The highest BCUT2D eigenvalue weighted by atomic mass is 16.5. The second kappa shape index (κ2) is 6.49. The van der Waals surface area contributed by atoms with Crippen LogP contribution in [0.4, 0.5) is 0 Å². The van der Waals surface area contributed by atoms with Gasteiger partial charge in [-0.1, -0.05) is 26.2 Å². The van der Waals surface area contributed by atoms with Crippen molar-refractivity contribution in [1.29, 1.82) is 0 Å². The van der Waals surface area contributed by atoms with Crippen molar-refractivity contribution in [2.24, 2.45) is 5.73 Å². The van der Waals surface area contributed by atoms with Crippen molar-refractivity contribution in [2.45, 2.75) is 89.0 Å². The van der Waals surface area contributed by atoms with Gasteiger partial charge in [-0.15, -0.1) is 0 Å². The number of rotatable bonds is 5. The van der Waals surface area contributed by atoms with Gasteiger partial charge in [0.2, 0.25) is 0 Å². The molecule has 0 radical (unpaired) electrons. The maximum atomic E-state index is 6.47. The average molecular weight is 291 g/mol. The van der Waals surface area contributed by atoms with Gasteiger partial charge >= 0.3 is 0 Å². The van der Waals surface area contributed by atoms with Crippen molar-refractivity contribution in [3.8, 4) is 0 Å². The first-order valence-corrected chi connectivity index (χ1v) is 8.64. The minimum atomic E-state index is 0.209. The van der Waals surface area contributed by atoms with Crippen LogP contribution in [0.3, 0.4) is 0 Å². The topological polar surface area (TPSA) is 53.1 Å². The number of hydrogen-bond donors (Lipinski definition) is 1. The Hall–Kier alpha value is -0.870. The number of imidazole rings is 1. The first-order valence-electron chi connectivity index (χ1n) is 8.64. The van der Waals surface area contributed by atoms with E-state index in [1.165, 1.54) is 44.9 Å². The van der Waals surface area contributed by atoms with E-state index in [1.54, 1.807) is 0 Å². The molecule has 118 valence electrons. The van der Waals surface area contributed by atoms with E-state index in [1.807, 2.05) is 6.20 Å². The van der Waals surface area contributed by atoms with Crippen LogP contribution in [-0.2, 0) is 17.7 Å². The van der Waals surface area contributed by atoms with Crippen LogP contribution in [0.5, 0.6) is 0 Å². The third-order valence-electron chi connectivity index (χ3n) is 5.27. The summed E-state index contributed by atoms with van der Waals surface area (Å²) in [5, 5.41) is 0. The lowest BCUT2D eigenvalue weighted by Crippen LogP contribution is -2.32. The summed E-state index contributed by atoms with van der Waals surface area (Å²) in [6, 6.07) is 0.209. The Balaban J connectivity index is 1.59. The molecule has 4 heteroatoms. The first-order chi connectivity index (χ1) is 10.2. The zero-order chi connectivity index (χ0) is 14.7. The lowest BCUT2D eigenvalue weighted by molar-refractivity contribution is -0.0681. The van der Waals surface area contributed by atoms with Gasteiger partial charge in [0, 0.05) is 24.9 Å². The molecule has 21 heavy (non-hydrogen) atoms. The Morgan fingerprint density at radius 1 is 1.38 bits per heavy atom. The summed E-state index contributed by atoms with van der Waals surface area (Å²) in [4.78, 5) is 4.48. The SMILES string of the molecule is CCC(N)Cc1nccn1CC1CCC2(CCCCC2)O1. The summed E-state index contributed by atoms with van der Waals surface area (Å²) < 4.78 is 8.72. The van der Waals surface area contributed by atoms with E-state index >= 15 is 0 Å². The Morgan fingerprint density at radius 3 is 2.95 bits per heavy atom. The highest BCUT2D eigenvalue weighted by Gasteiger charge is 2.40. The third-order valence-corrected chi connectivity index (χ3v) is 5.27. The summed E-state index contributed by atoms with van der Waals surface area (Å²) in [6.45, 7) is 3.07. The monoisotopic (exact) mass is 291 g/mol. The van der Waals surface area contributed by atoms with Crippen molar-refractivity contribution in [2.75, 3.05) is 0 Å². The molecule has 1 saturated heterocycles. The Bertz CT molecular complexity index is 451. The van der Waals surface area contributed by atoms with Crippen molar-refractivity contribution in [3.63, 3.8) is 0 Å². The second-order valence-corrected chi connectivity index (χ2v) is 6.89. The molecule has 2 heterocycles. The van der Waals surface area contributed by atoms with Crippen molar-refractivity contribution >= 4 is 0 Å². The standard InChI is InChI=1S/C17H29N3O/c1-2-14(18)12-16-19-10-11-20(16)13-15-6-9-17(21-15)7-4-3-5-8-17/h10-11,14-15H,2-9,12-13,18H2,1H3. The normalized spacial score (nSPS) is 26.3. The molecule has 0 amide bonds. The maximum absolute atomic E-state index is 6.47. The zero-order valence-electron chi connectivity index (χ0n) is 13.3. The number of ether oxygens (including phenoxy) is 1. The molecule has 3 rings (SSSR count). The fourth-order valence-electron chi connectivity index (χ4n) is 3.88. The minimum Gasteiger partial charge on any atom is -0.370 e. The molecule has 4 nitrogen and oxygen atoms in total. The third kappa shape index (κ3) is 3.49. The second-order valence-electron chi connectivity index (χ2n) is 6.89. The summed E-state index contributed by atoms with van der Waals surface area (Å²) in [5.74, 6) is 1.11. The van der Waals surface area contributed by atoms with Crippen LogP contribution >= 0.6 is 0 Å². The van der Waals surface area contributed by atoms with Gasteiger partial charge in [0.05, 0.1) is 18.2 Å². The highest BCUT2D eigenvalue weighted by Crippen LogP contribution is 2.42. The molecule has 1 saturated carbocycles. The van der Waals surface area contributed by atoms with Gasteiger partial charge in [-0.25, -0.2) is 4.98 Å². The predicted octanol–water partition coefficient (Wildman–Crippen LogP) is 3.04. The van der Waals surface area contributed by atoms with Crippen LogP contribution in [0.25, 0.3) is 0 Å². The van der Waals surface area contributed by atoms with Crippen LogP contribution in [0.1, 0.15) is 64.1 Å². The molecule has 0 bridgehead atoms. The van der Waals surface area contributed by atoms with Crippen LogP contribution in [0.15, 0.2) is 12.4 Å². The Kier molecular flexibility index (Phi) is 4.65. The van der Waals surface area contributed by atoms with Crippen molar-refractivity contribution < 1.29 is 4.74 Å². The van der Waals surface area contributed by atoms with Gasteiger partial charge in [0.1, 0.15) is 5.82 Å². The molecule has 1 aromatic rings. The quantitative estimate of drug-likeness (QED) is 0.907. The van der Waals surface area contributed by atoms with E-state index in [0.717, 1.165) is 25.2 Å². The van der Waals surface area contributed by atoms with E-state index in [2.05, 4.69) is 22.7 Å². The fraction of sp³-hybridized carbons (Fsp3) is 0.824. The molecule has 1 aliphatic heterocycles. The van der Waals surface area contributed by atoms with E-state index in [9.17, 15) is 0 Å². The lowest BCUT2D eigenvalue weighted by atomic mass is 9.83. The Morgan fingerprint density at radius 2 is 2.19 bits per heavy atom. The molecule has 1 spiro atoms. The van der Waals surface area contributed by atoms with Crippen molar-refractivity contribution in [3.05, 3.63) is 18.2 Å². The largest absolute Gasteiger partial charge is 0.370 e. The van der Waals surface area contributed by atoms with Gasteiger partial charge in [-0.3, -0.25) is 0 Å². The molecule has 1 aromatic heterocycles. The number of nitrogens with two attached hydrogens (primary N) is 1. The van der Waals surface area contributed by atoms with Crippen LogP contribution in [0, 0.1) is 0 Å². The van der Waals surface area contributed by atoms with E-state index in [0.29, 0.717) is 6.10 Å². The predicted molar refractivity (Wildman–Crippen MR) is 84.1 cm³/mol. The van der Waals surface area contributed by atoms with Gasteiger partial charge in [0.15, 0.2) is 0 Å². The van der Waals surface area contributed by atoms with Crippen LogP contribution in [0.2, 0.25) is 0 Å². The van der Waals surface area contributed by atoms with E-state index in [4.69, 9.17) is 10.5 Å². The summed E-state index contributed by atoms with van der Waals surface area (Å²) >= 11 is 0. The lowest BCUT2D eigenvalue weighted by Gasteiger charge is -2.33. The van der Waals surface area contributed by atoms with Crippen LogP contribution < -0.4 is 5.73 Å². The van der Waals surface area contributed by atoms with Gasteiger partial charge in [-0.2, -0.15) is 0 Å². The molecule has 2 fully saturated rings. The molecule has 2 atom stereocenters. The summed E-state index contributed by atoms with van der Waals surface area (Å²) in [7, 11) is 0. The molecule has 1 aliphatic carbocycles. The zero-order valence-corrected chi connectivity index (χ0v) is 13.3. The van der Waals surface area contributed by atoms with Crippen molar-refractivity contribution in [1.82, 2.24) is 9.55 Å². The van der Waals surface area contributed by atoms with E-state index < -0.39 is 0 Å². The maximum Gasteiger partial charge on any atom is 0.110 e. The van der Waals surface area contributed by atoms with E-state index in [-0.39, 0.29) is 11.6 Å². The molecule has 0 aromatic carbocycles. The number of hydrogen-bond acceptors (Lipinski definition) is 3. The first kappa shape index (κ1) is 15.0. The highest BCUT2D eigenvalue weighted by molar-refractivity contribution is 4.97. The number of aromatic nitrogens is 2. The average Bonchev–Trinajstić information content (AvgIpc) is 3.08. The molecular formula is C17H29N3O. The number of nitrogens with zero attached hydrogens (tertiary/aromatic N) is 2. The molecule has 2 N–H and O–H groups in total. The van der Waals surface area contributed by atoms with Crippen LogP contribution in [-0.4, -0.2) is 27.3 Å². The fourth-order valence-corrected chi connectivity index (χ4v) is 3.88. The summed E-state index contributed by atoms with van der Waals surface area (Å²) in [6.07, 6.45) is 15.2.